The molecule has 16 heavy (non-hydrogen) atoms. The molecule has 1 saturated heterocycles. The Hall–Kier alpha value is -0.320. The van der Waals surface area contributed by atoms with Crippen LogP contribution in [0.2, 0.25) is 0 Å². The van der Waals surface area contributed by atoms with Gasteiger partial charge in [-0.15, -0.1) is 12.4 Å². The van der Waals surface area contributed by atoms with E-state index in [9.17, 15) is 4.79 Å². The normalized spacial score (nSPS) is 27.4. The van der Waals surface area contributed by atoms with Crippen LogP contribution < -0.4 is 10.6 Å². The Morgan fingerprint density at radius 1 is 1.56 bits per heavy atom. The van der Waals surface area contributed by atoms with E-state index in [0.717, 1.165) is 25.8 Å². The fourth-order valence-corrected chi connectivity index (χ4v) is 2.25. The molecule has 0 aromatic rings. The minimum Gasteiger partial charge on any atom is -0.366 e. The van der Waals surface area contributed by atoms with E-state index in [4.69, 9.17) is 4.74 Å². The molecule has 1 heterocycles. The minimum absolute atomic E-state index is 0. The molecule has 1 aliphatic heterocycles. The second kappa shape index (κ2) is 5.84. The first-order valence-corrected chi connectivity index (χ1v) is 5.90. The number of carbonyl (C=O) groups excluding carboxylic acids is 1. The smallest absolute Gasteiger partial charge is 0.250 e. The lowest BCUT2D eigenvalue weighted by atomic mass is 9.74. The molecule has 2 aliphatic rings. The van der Waals surface area contributed by atoms with Crippen LogP contribution in [0.1, 0.15) is 32.6 Å². The van der Waals surface area contributed by atoms with Gasteiger partial charge < -0.3 is 15.4 Å². The van der Waals surface area contributed by atoms with Crippen LogP contribution in [0.25, 0.3) is 0 Å². The van der Waals surface area contributed by atoms with E-state index in [2.05, 4.69) is 17.6 Å². The molecule has 0 radical (unpaired) electrons. The van der Waals surface area contributed by atoms with Gasteiger partial charge in [-0.05, 0) is 25.7 Å². The lowest BCUT2D eigenvalue weighted by molar-refractivity contribution is -0.137. The maximum atomic E-state index is 11.9. The Balaban J connectivity index is 0.00000128. The number of ether oxygens (including phenoxy) is 1. The maximum Gasteiger partial charge on any atom is 0.250 e. The summed E-state index contributed by atoms with van der Waals surface area (Å²) < 4.78 is 5.42. The summed E-state index contributed by atoms with van der Waals surface area (Å²) in [6, 6.07) is 0. The van der Waals surface area contributed by atoms with Crippen molar-refractivity contribution in [2.75, 3.05) is 19.7 Å². The molecule has 1 saturated carbocycles. The van der Waals surface area contributed by atoms with Gasteiger partial charge in [-0.2, -0.15) is 0 Å². The van der Waals surface area contributed by atoms with Crippen LogP contribution in [-0.2, 0) is 9.53 Å². The standard InChI is InChI=1S/C11H20N2O2.ClH/c1-2-11(4-3-5-11)13-10(14)9-8-12-6-7-15-9;/h9,12H,2-8H2,1H3,(H,13,14);1H/t9-;/m0./s1. The van der Waals surface area contributed by atoms with Crippen molar-refractivity contribution in [1.82, 2.24) is 10.6 Å². The van der Waals surface area contributed by atoms with Crippen molar-refractivity contribution < 1.29 is 9.53 Å². The number of rotatable bonds is 3. The first-order valence-electron chi connectivity index (χ1n) is 5.90. The number of carbonyl (C=O) groups is 1. The zero-order valence-electron chi connectivity index (χ0n) is 9.75. The van der Waals surface area contributed by atoms with E-state index in [1.165, 1.54) is 6.42 Å². The fourth-order valence-electron chi connectivity index (χ4n) is 2.25. The van der Waals surface area contributed by atoms with Gasteiger partial charge in [0.15, 0.2) is 0 Å². The van der Waals surface area contributed by atoms with Crippen molar-refractivity contribution in [3.63, 3.8) is 0 Å². The van der Waals surface area contributed by atoms with Crippen molar-refractivity contribution in [3.05, 3.63) is 0 Å². The van der Waals surface area contributed by atoms with Crippen LogP contribution >= 0.6 is 12.4 Å². The zero-order chi connectivity index (χ0) is 10.7. The molecule has 1 atom stereocenters. The van der Waals surface area contributed by atoms with Crippen molar-refractivity contribution in [2.45, 2.75) is 44.2 Å². The van der Waals surface area contributed by atoms with Crippen LogP contribution in [0.5, 0.6) is 0 Å². The van der Waals surface area contributed by atoms with Gasteiger partial charge in [0.2, 0.25) is 0 Å². The highest BCUT2D eigenvalue weighted by Crippen LogP contribution is 2.34. The summed E-state index contributed by atoms with van der Waals surface area (Å²) in [7, 11) is 0. The summed E-state index contributed by atoms with van der Waals surface area (Å²) in [4.78, 5) is 11.9. The van der Waals surface area contributed by atoms with E-state index < -0.39 is 0 Å². The Kier molecular flexibility index (Phi) is 5.02. The third-order valence-electron chi connectivity index (χ3n) is 3.60. The van der Waals surface area contributed by atoms with Crippen molar-refractivity contribution in [2.24, 2.45) is 0 Å². The molecular weight excluding hydrogens is 228 g/mol. The van der Waals surface area contributed by atoms with E-state index in [-0.39, 0.29) is 30.0 Å². The lowest BCUT2D eigenvalue weighted by Gasteiger charge is -2.43. The molecule has 1 amide bonds. The summed E-state index contributed by atoms with van der Waals surface area (Å²) in [5, 5.41) is 6.32. The fraction of sp³-hybridized carbons (Fsp3) is 0.909. The first-order chi connectivity index (χ1) is 7.26. The number of halogens is 1. The van der Waals surface area contributed by atoms with Crippen LogP contribution in [-0.4, -0.2) is 37.2 Å². The molecule has 0 aromatic heterocycles. The topological polar surface area (TPSA) is 50.4 Å². The highest BCUT2D eigenvalue weighted by atomic mass is 35.5. The molecular formula is C11H21ClN2O2. The summed E-state index contributed by atoms with van der Waals surface area (Å²) >= 11 is 0. The third-order valence-corrected chi connectivity index (χ3v) is 3.60. The molecule has 2 fully saturated rings. The molecule has 0 unspecified atom stereocenters. The van der Waals surface area contributed by atoms with Gasteiger partial charge in [0.05, 0.1) is 6.61 Å². The SMILES string of the molecule is CCC1(NC(=O)[C@@H]2CNCCO2)CCC1.Cl. The number of hydrogen-bond donors (Lipinski definition) is 2. The van der Waals surface area contributed by atoms with Gasteiger partial charge in [-0.25, -0.2) is 0 Å². The van der Waals surface area contributed by atoms with Gasteiger partial charge in [0.1, 0.15) is 6.10 Å². The Labute approximate surface area is 103 Å². The molecule has 2 rings (SSSR count). The molecule has 5 heteroatoms. The van der Waals surface area contributed by atoms with Crippen LogP contribution in [0.3, 0.4) is 0 Å². The Bertz CT molecular complexity index is 233. The molecule has 0 aromatic carbocycles. The largest absolute Gasteiger partial charge is 0.366 e. The maximum absolute atomic E-state index is 11.9. The van der Waals surface area contributed by atoms with Gasteiger partial charge in [-0.3, -0.25) is 4.79 Å². The number of hydrogen-bond acceptors (Lipinski definition) is 3. The molecule has 2 N–H and O–H groups in total. The summed E-state index contributed by atoms with van der Waals surface area (Å²) in [5.74, 6) is 0.0590. The summed E-state index contributed by atoms with van der Waals surface area (Å²) in [5.41, 5.74) is 0.0812. The quantitative estimate of drug-likeness (QED) is 0.779. The third kappa shape index (κ3) is 2.87. The highest BCUT2D eigenvalue weighted by Gasteiger charge is 2.38. The molecule has 4 nitrogen and oxygen atoms in total. The number of nitrogens with one attached hydrogen (secondary N) is 2. The number of amides is 1. The average Bonchev–Trinajstić information content (AvgIpc) is 2.24. The van der Waals surface area contributed by atoms with Crippen molar-refractivity contribution in [1.29, 1.82) is 0 Å². The summed E-state index contributed by atoms with van der Waals surface area (Å²) in [6.45, 7) is 4.27. The van der Waals surface area contributed by atoms with E-state index in [0.29, 0.717) is 13.2 Å². The van der Waals surface area contributed by atoms with E-state index in [1.54, 1.807) is 0 Å². The average molecular weight is 249 g/mol. The van der Waals surface area contributed by atoms with E-state index >= 15 is 0 Å². The molecule has 0 spiro atoms. The second-order valence-corrected chi connectivity index (χ2v) is 4.54. The van der Waals surface area contributed by atoms with Gasteiger partial charge in [-0.1, -0.05) is 6.92 Å². The second-order valence-electron chi connectivity index (χ2n) is 4.54. The van der Waals surface area contributed by atoms with Crippen molar-refractivity contribution >= 4 is 18.3 Å². The highest BCUT2D eigenvalue weighted by molar-refractivity contribution is 5.85. The monoisotopic (exact) mass is 248 g/mol. The predicted octanol–water partition coefficient (Wildman–Crippen LogP) is 0.845. The lowest BCUT2D eigenvalue weighted by Crippen LogP contribution is -2.58. The molecule has 1 aliphatic carbocycles. The van der Waals surface area contributed by atoms with Crippen molar-refractivity contribution in [3.8, 4) is 0 Å². The predicted molar refractivity (Wildman–Crippen MR) is 64.9 cm³/mol. The first kappa shape index (κ1) is 13.7. The summed E-state index contributed by atoms with van der Waals surface area (Å²) in [6.07, 6.45) is 4.21. The number of morpholine rings is 1. The molecule has 94 valence electrons. The zero-order valence-corrected chi connectivity index (χ0v) is 10.6. The minimum atomic E-state index is -0.289. The Morgan fingerprint density at radius 2 is 2.31 bits per heavy atom. The Morgan fingerprint density at radius 3 is 2.75 bits per heavy atom. The van der Waals surface area contributed by atoms with Gasteiger partial charge in [0, 0.05) is 18.6 Å². The van der Waals surface area contributed by atoms with Gasteiger partial charge in [0.25, 0.3) is 5.91 Å². The molecule has 0 bridgehead atoms. The van der Waals surface area contributed by atoms with Crippen LogP contribution in [0.4, 0.5) is 0 Å². The van der Waals surface area contributed by atoms with Crippen LogP contribution in [0, 0.1) is 0 Å². The van der Waals surface area contributed by atoms with Crippen LogP contribution in [0.15, 0.2) is 0 Å². The van der Waals surface area contributed by atoms with Gasteiger partial charge >= 0.3 is 0 Å². The van der Waals surface area contributed by atoms with E-state index in [1.807, 2.05) is 0 Å².